The summed E-state index contributed by atoms with van der Waals surface area (Å²) in [6, 6.07) is 40.0. The molecule has 30 nitrogen and oxygen atoms in total. The molecule has 10 N–H and O–H groups in total. The number of anilines is 4. The molecule has 7 aromatic heterocycles. The molecule has 36 heteroatoms. The molecule has 107 heavy (non-hydrogen) atoms. The fourth-order valence-corrected chi connectivity index (χ4v) is 13.0. The first kappa shape index (κ1) is 84.4. The summed E-state index contributed by atoms with van der Waals surface area (Å²) in [6.45, 7) is 8.54. The molecule has 1 aliphatic rings. The average Bonchev–Trinajstić information content (AvgIpc) is 1.66. The number of nitrogens with two attached hydrogens (primary N) is 4. The number of carbonyl (C=O) groups excluding carboxylic acids is 2. The molecule has 0 spiro atoms. The highest BCUT2D eigenvalue weighted by Crippen LogP contribution is 2.35. The summed E-state index contributed by atoms with van der Waals surface area (Å²) in [4.78, 5) is 62.2. The number of aromatic nitrogens is 14. The van der Waals surface area contributed by atoms with Gasteiger partial charge < -0.3 is 57.4 Å². The summed E-state index contributed by atoms with van der Waals surface area (Å²) in [7, 11) is 10.3. The highest BCUT2D eigenvalue weighted by atomic mass is 127. The van der Waals surface area contributed by atoms with Crippen molar-refractivity contribution in [2.45, 2.75) is 71.7 Å². The predicted octanol–water partition coefficient (Wildman–Crippen LogP) is 12.4. The van der Waals surface area contributed by atoms with Crippen LogP contribution in [0.25, 0.3) is 11.3 Å². The molecule has 2 bridgehead atoms. The van der Waals surface area contributed by atoms with Gasteiger partial charge in [0.05, 0.1) is 72.3 Å². The van der Waals surface area contributed by atoms with E-state index < -0.39 is 12.2 Å². The molecular weight excluding hydrogens is 1860 g/mol. The number of aryl methyl sites for hydroxylation is 3. The molecule has 1 aliphatic heterocycles. The molecule has 0 saturated heterocycles. The Hall–Kier alpha value is -9.86. The molecule has 554 valence electrons. The van der Waals surface area contributed by atoms with Crippen LogP contribution in [0.15, 0.2) is 152 Å². The van der Waals surface area contributed by atoms with E-state index in [1.165, 1.54) is 21.8 Å². The first-order valence-electron chi connectivity index (χ1n) is 31.9. The zero-order valence-corrected chi connectivity index (χ0v) is 69.9. The Balaban J connectivity index is 0.000000191. The number of fused-ring (bicyclic) bond motifs is 5. The average molecular weight is 1930 g/mol. The number of aliphatic hydroxyl groups excluding tert-OH is 1. The van der Waals surface area contributed by atoms with Gasteiger partial charge in [0.2, 0.25) is 0 Å². The summed E-state index contributed by atoms with van der Waals surface area (Å²) in [5.74, 6) is 1.28. The van der Waals surface area contributed by atoms with Gasteiger partial charge in [-0.25, -0.2) is 39.9 Å². The van der Waals surface area contributed by atoms with E-state index >= 15 is 0 Å². The highest BCUT2D eigenvalue weighted by molar-refractivity contribution is 14.1. The number of hydrogen-bond acceptors (Lipinski definition) is 25. The van der Waals surface area contributed by atoms with E-state index in [1.54, 1.807) is 105 Å². The molecule has 8 heterocycles. The summed E-state index contributed by atoms with van der Waals surface area (Å²) >= 11 is 17.2. The first-order chi connectivity index (χ1) is 51.0. The summed E-state index contributed by atoms with van der Waals surface area (Å²) in [5.41, 5.74) is 31.7. The number of aliphatic hydroxyl groups is 1. The van der Waals surface area contributed by atoms with Crippen molar-refractivity contribution in [2.75, 3.05) is 44.1 Å². The molecule has 0 fully saturated rings. The van der Waals surface area contributed by atoms with Crippen LogP contribution in [0.4, 0.5) is 23.3 Å². The lowest BCUT2D eigenvalue weighted by atomic mass is 10.0. The van der Waals surface area contributed by atoms with Crippen molar-refractivity contribution in [3.05, 3.63) is 227 Å². The molecule has 0 saturated carbocycles. The van der Waals surface area contributed by atoms with Gasteiger partial charge in [-0.1, -0.05) is 72.8 Å². The molecule has 12 rings (SSSR count). The van der Waals surface area contributed by atoms with E-state index in [9.17, 15) is 20.0 Å². The van der Waals surface area contributed by atoms with Crippen LogP contribution in [0.3, 0.4) is 0 Å². The summed E-state index contributed by atoms with van der Waals surface area (Å²) < 4.78 is 26.8. The maximum absolute atomic E-state index is 13.2. The molecule has 0 radical (unpaired) electrons. The highest BCUT2D eigenvalue weighted by Gasteiger charge is 2.28. The molecule has 2 amide bonds. The number of nitrogens with one attached hydrogen (secondary N) is 1. The van der Waals surface area contributed by atoms with Crippen LogP contribution in [0, 0.1) is 41.1 Å². The van der Waals surface area contributed by atoms with Crippen LogP contribution in [0.1, 0.15) is 129 Å². The van der Waals surface area contributed by atoms with Crippen LogP contribution in [0.5, 0.6) is 17.6 Å². The number of amides is 2. The fraction of sp³-hybridized carbons (Fsp3) is 0.239. The third-order valence-corrected chi connectivity index (χ3v) is 18.9. The molecule has 4 aromatic carbocycles. The lowest BCUT2D eigenvalue weighted by Gasteiger charge is -2.23. The van der Waals surface area contributed by atoms with Crippen LogP contribution in [-0.4, -0.2) is 117 Å². The Morgan fingerprint density at radius 3 is 1.68 bits per heavy atom. The van der Waals surface area contributed by atoms with Crippen LogP contribution in [-0.2, 0) is 40.8 Å². The third kappa shape index (κ3) is 23.3. The van der Waals surface area contributed by atoms with Crippen LogP contribution in [0.2, 0.25) is 0 Å². The number of ether oxygens (including phenoxy) is 3. The van der Waals surface area contributed by atoms with Gasteiger partial charge in [0.15, 0.2) is 23.3 Å². The molecular formula is C71H72Br4I2N24O6. The number of nitrogen functional groups attached to an aromatic ring is 4. The first-order valence-corrected chi connectivity index (χ1v) is 37.2. The lowest BCUT2D eigenvalue weighted by molar-refractivity contribution is 0.0771. The quantitative estimate of drug-likeness (QED) is 0.0619. The molecule has 11 aromatic rings. The van der Waals surface area contributed by atoms with Gasteiger partial charge in [-0.2, -0.15) is 31.1 Å². The Kier molecular flexibility index (Phi) is 31.7. The number of nitriles is 3. The summed E-state index contributed by atoms with van der Waals surface area (Å²) in [6.07, 6.45) is 4.57. The molecule has 4 atom stereocenters. The van der Waals surface area contributed by atoms with Crippen molar-refractivity contribution < 1.29 is 28.9 Å². The zero-order valence-electron chi connectivity index (χ0n) is 59.2. The van der Waals surface area contributed by atoms with Gasteiger partial charge in [-0.3, -0.25) is 23.6 Å². The topological polar surface area (TPSA) is 433 Å². The monoisotopic (exact) mass is 1930 g/mol. The van der Waals surface area contributed by atoms with E-state index in [2.05, 4.69) is 182 Å². The van der Waals surface area contributed by atoms with Crippen molar-refractivity contribution in [1.29, 1.82) is 15.8 Å². The Labute approximate surface area is 678 Å². The van der Waals surface area contributed by atoms with Gasteiger partial charge in [0.25, 0.3) is 29.5 Å². The van der Waals surface area contributed by atoms with E-state index in [0.717, 1.165) is 29.5 Å². The minimum absolute atomic E-state index is 0.127. The number of benzene rings is 4. The smallest absolute Gasteiger partial charge is 0.258 e. The van der Waals surface area contributed by atoms with Crippen molar-refractivity contribution in [3.8, 4) is 47.1 Å². The SMILES string of the molecule is CNCc1cc(C#N)n(C)n1.C[C@@H](O)c1ccccc1I.C[C@@H](Oc1nc(Br)cnc1N)c1ccccc1C(=O)N(C)Cc1cc(C#N)n(C)n1.C[C@@H](Oc1nc(Br)cnc1N)c1ccccc1I.C[C@H]1Oc2nc(cnc2N)-c2c(nn(C)c2C#N)CN(C)C(=O)c2ccccc21.Nc1ncc(Br)nc1Br. The Bertz CT molecular complexity index is 5060. The summed E-state index contributed by atoms with van der Waals surface area (Å²) in [5, 5.41) is 52.3. The van der Waals surface area contributed by atoms with Gasteiger partial charge in [-0.05, 0) is 186 Å². The Morgan fingerprint density at radius 1 is 0.664 bits per heavy atom. The van der Waals surface area contributed by atoms with Crippen LogP contribution >= 0.6 is 109 Å². The third-order valence-electron chi connectivity index (χ3n) is 15.2. The van der Waals surface area contributed by atoms with E-state index in [-0.39, 0.29) is 66.3 Å². The van der Waals surface area contributed by atoms with Crippen molar-refractivity contribution >= 4 is 144 Å². The number of halogens is 6. The lowest BCUT2D eigenvalue weighted by Crippen LogP contribution is -2.28. The largest absolute Gasteiger partial charge is 0.467 e. The maximum Gasteiger partial charge on any atom is 0.258 e. The number of hydrogen-bond donors (Lipinski definition) is 6. The van der Waals surface area contributed by atoms with Gasteiger partial charge >= 0.3 is 0 Å². The second-order valence-corrected chi connectivity index (χ2v) is 28.5. The second kappa shape index (κ2) is 40.2. The van der Waals surface area contributed by atoms with E-state index in [1.807, 2.05) is 107 Å². The number of carbonyl (C=O) groups is 2. The second-order valence-electron chi connectivity index (χ2n) is 23.0. The Morgan fingerprint density at radius 2 is 1.16 bits per heavy atom. The van der Waals surface area contributed by atoms with Crippen molar-refractivity contribution in [1.82, 2.24) is 84.3 Å². The van der Waals surface area contributed by atoms with Crippen molar-refractivity contribution in [3.63, 3.8) is 0 Å². The van der Waals surface area contributed by atoms with Gasteiger partial charge in [-0.15, -0.1) is 0 Å². The fourth-order valence-electron chi connectivity index (χ4n) is 9.96. The minimum atomic E-state index is -0.496. The molecule has 0 unspecified atom stereocenters. The maximum atomic E-state index is 13.2. The predicted molar refractivity (Wildman–Crippen MR) is 433 cm³/mol. The van der Waals surface area contributed by atoms with Gasteiger partial charge in [0, 0.05) is 76.7 Å². The minimum Gasteiger partial charge on any atom is -0.467 e. The van der Waals surface area contributed by atoms with Gasteiger partial charge in [0.1, 0.15) is 72.0 Å². The zero-order chi connectivity index (χ0) is 78.3. The normalized spacial score (nSPS) is 12.6. The van der Waals surface area contributed by atoms with Crippen LogP contribution < -0.4 is 42.5 Å². The number of rotatable bonds is 12. The van der Waals surface area contributed by atoms with E-state index in [0.29, 0.717) is 93.1 Å². The standard InChI is InChI=1S/C20H20BrN7O2.C20H19N7O2.C12H11BrIN3O.C8H9IO.C7H10N4.C4H3Br2N3/c1-12(30-19-18(23)24-10-17(21)25-19)15-6-4-5-7-16(15)20(29)27(2)11-13-8-14(9-22)28(3)26-13;1-11-12-6-4-5-7-13(12)20(28)26(2)10-15-17(16(8-21)27(3)25-15)14-9-23-18(22)19(24-14)29-11;1-7(8-4-2-3-5-9(8)14)18-12-11(15)16-6-10(13)17-12;1-6(10)7-4-2-3-5-8(7)9;1-9-5-6-3-7(4-8)11(2)10-6;5-2-1-8-4(7)3(6)9-2/h4-8,10,12H,11H2,1-3H3,(H2,23,24);4-7,9,11H,10H2,1-3H3,(H2,22,23);2-7H,1H3,(H2,15,16);2-6,10H,1H3;3,9H,5H2,1-2H3;1H,(H2,7,8)/t12-;11-;7-;6-;;/m1111../s1. The molecule has 0 aliphatic carbocycles. The number of nitrogens with zero attached hydrogens (tertiary/aromatic N) is 19. The van der Waals surface area contributed by atoms with Crippen molar-refractivity contribution in [2.24, 2.45) is 21.1 Å². The van der Waals surface area contributed by atoms with E-state index in [4.69, 9.17) is 47.7 Å².